The van der Waals surface area contributed by atoms with Gasteiger partial charge in [0.1, 0.15) is 5.75 Å². The second-order valence-electron chi connectivity index (χ2n) is 5.51. The smallest absolute Gasteiger partial charge is 0.122 e. The summed E-state index contributed by atoms with van der Waals surface area (Å²) in [6, 6.07) is 6.51. The van der Waals surface area contributed by atoms with Gasteiger partial charge in [0, 0.05) is 24.4 Å². The Morgan fingerprint density at radius 2 is 2.24 bits per heavy atom. The van der Waals surface area contributed by atoms with Crippen LogP contribution in [-0.2, 0) is 25.9 Å². The Bertz CT molecular complexity index is 621. The van der Waals surface area contributed by atoms with Crippen LogP contribution in [0.4, 0.5) is 0 Å². The fourth-order valence-electron chi connectivity index (χ4n) is 2.64. The first kappa shape index (κ1) is 14.5. The van der Waals surface area contributed by atoms with Crippen LogP contribution in [0.5, 0.6) is 5.75 Å². The molecule has 0 aliphatic carbocycles. The Morgan fingerprint density at radius 1 is 1.33 bits per heavy atom. The van der Waals surface area contributed by atoms with E-state index in [0.717, 1.165) is 44.7 Å². The van der Waals surface area contributed by atoms with E-state index < -0.39 is 0 Å². The average molecular weight is 302 g/mol. The molecule has 2 aromatic rings. The van der Waals surface area contributed by atoms with E-state index in [-0.39, 0.29) is 0 Å². The Labute approximate surface area is 130 Å². The van der Waals surface area contributed by atoms with Crippen molar-refractivity contribution in [1.82, 2.24) is 10.3 Å². The molecule has 3 nitrogen and oxygen atoms in total. The normalized spacial score (nSPS) is 13.2. The zero-order valence-corrected chi connectivity index (χ0v) is 13.6. The first-order valence-corrected chi connectivity index (χ1v) is 8.48. The maximum atomic E-state index is 5.54. The third kappa shape index (κ3) is 3.44. The second-order valence-corrected chi connectivity index (χ2v) is 6.68. The molecule has 3 rings (SSSR count). The van der Waals surface area contributed by atoms with Crippen LogP contribution in [-0.4, -0.2) is 11.6 Å². The third-order valence-electron chi connectivity index (χ3n) is 3.77. The first-order valence-electron chi connectivity index (χ1n) is 7.66. The molecule has 0 unspecified atom stereocenters. The number of fused-ring (bicyclic) bond motifs is 1. The number of aromatic nitrogens is 1. The number of hydrogen-bond acceptors (Lipinski definition) is 4. The van der Waals surface area contributed by atoms with Crippen LogP contribution in [0.2, 0.25) is 0 Å². The summed E-state index contributed by atoms with van der Waals surface area (Å²) < 4.78 is 5.54. The lowest BCUT2D eigenvalue weighted by Gasteiger charge is -2.06. The van der Waals surface area contributed by atoms with Gasteiger partial charge < -0.3 is 10.1 Å². The van der Waals surface area contributed by atoms with Gasteiger partial charge in [0.05, 0.1) is 17.3 Å². The van der Waals surface area contributed by atoms with Crippen LogP contribution in [0.25, 0.3) is 0 Å². The summed E-state index contributed by atoms with van der Waals surface area (Å²) in [6.07, 6.45) is 3.30. The Morgan fingerprint density at radius 3 is 3.10 bits per heavy atom. The van der Waals surface area contributed by atoms with Crippen molar-refractivity contribution >= 4 is 11.3 Å². The van der Waals surface area contributed by atoms with Gasteiger partial charge >= 0.3 is 0 Å². The fraction of sp³-hybridized carbons (Fsp3) is 0.471. The molecule has 1 aliphatic heterocycles. The maximum Gasteiger partial charge on any atom is 0.122 e. The van der Waals surface area contributed by atoms with Gasteiger partial charge in [0.25, 0.3) is 0 Å². The number of rotatable bonds is 6. The van der Waals surface area contributed by atoms with Gasteiger partial charge in [-0.25, -0.2) is 4.98 Å². The Balaban J connectivity index is 1.56. The molecule has 1 aromatic heterocycles. The standard InChI is InChI=1S/C17H22N2OS/c1-3-4-17-19-12(2)16(21-17)11-18-10-13-5-6-15-14(9-13)7-8-20-15/h5-6,9,18H,3-4,7-8,10-11H2,1-2H3. The van der Waals surface area contributed by atoms with Crippen LogP contribution < -0.4 is 10.1 Å². The summed E-state index contributed by atoms with van der Waals surface area (Å²) in [5.41, 5.74) is 3.85. The third-order valence-corrected chi connectivity index (χ3v) is 4.99. The van der Waals surface area contributed by atoms with E-state index in [1.165, 1.54) is 26.7 Å². The highest BCUT2D eigenvalue weighted by Gasteiger charge is 2.12. The minimum Gasteiger partial charge on any atom is -0.493 e. The van der Waals surface area contributed by atoms with E-state index in [1.54, 1.807) is 0 Å². The number of benzene rings is 1. The van der Waals surface area contributed by atoms with E-state index >= 15 is 0 Å². The quantitative estimate of drug-likeness (QED) is 0.885. The molecule has 0 fully saturated rings. The van der Waals surface area contributed by atoms with E-state index in [4.69, 9.17) is 4.74 Å². The van der Waals surface area contributed by atoms with Crippen LogP contribution in [0.15, 0.2) is 18.2 Å². The number of aryl methyl sites for hydroxylation is 2. The van der Waals surface area contributed by atoms with E-state index in [0.29, 0.717) is 0 Å². The van der Waals surface area contributed by atoms with Crippen LogP contribution in [0, 0.1) is 6.92 Å². The van der Waals surface area contributed by atoms with Crippen molar-refractivity contribution in [1.29, 1.82) is 0 Å². The van der Waals surface area contributed by atoms with Crippen LogP contribution >= 0.6 is 11.3 Å². The van der Waals surface area contributed by atoms with Gasteiger partial charge in [-0.05, 0) is 37.0 Å². The summed E-state index contributed by atoms with van der Waals surface area (Å²) in [5, 5.41) is 4.80. The first-order chi connectivity index (χ1) is 10.3. The van der Waals surface area contributed by atoms with Crippen molar-refractivity contribution in [2.24, 2.45) is 0 Å². The zero-order chi connectivity index (χ0) is 14.7. The molecule has 4 heteroatoms. The monoisotopic (exact) mass is 302 g/mol. The summed E-state index contributed by atoms with van der Waals surface area (Å²) in [7, 11) is 0. The SMILES string of the molecule is CCCc1nc(C)c(CNCc2ccc3c(c2)CCO3)s1. The molecule has 21 heavy (non-hydrogen) atoms. The van der Waals surface area contributed by atoms with Gasteiger partial charge in [0.2, 0.25) is 0 Å². The van der Waals surface area contributed by atoms with Gasteiger partial charge in [-0.15, -0.1) is 11.3 Å². The van der Waals surface area contributed by atoms with Crippen LogP contribution in [0.1, 0.15) is 40.1 Å². The van der Waals surface area contributed by atoms with Crippen molar-refractivity contribution in [3.8, 4) is 5.75 Å². The second kappa shape index (κ2) is 6.58. The van der Waals surface area contributed by atoms with Crippen LogP contribution in [0.3, 0.4) is 0 Å². The topological polar surface area (TPSA) is 34.2 Å². The van der Waals surface area contributed by atoms with Gasteiger partial charge in [-0.1, -0.05) is 19.1 Å². The Hall–Kier alpha value is -1.39. The highest BCUT2D eigenvalue weighted by molar-refractivity contribution is 7.11. The van der Waals surface area contributed by atoms with Crippen molar-refractivity contribution in [3.63, 3.8) is 0 Å². The molecule has 0 saturated carbocycles. The highest BCUT2D eigenvalue weighted by atomic mass is 32.1. The summed E-state index contributed by atoms with van der Waals surface area (Å²) in [4.78, 5) is 6.00. The number of nitrogens with one attached hydrogen (secondary N) is 1. The molecule has 0 bridgehead atoms. The highest BCUT2D eigenvalue weighted by Crippen LogP contribution is 2.26. The molecule has 0 amide bonds. The van der Waals surface area contributed by atoms with E-state index in [2.05, 4.69) is 42.3 Å². The molecule has 1 aliphatic rings. The molecule has 1 aromatic carbocycles. The molecule has 1 N–H and O–H groups in total. The van der Waals surface area contributed by atoms with Crippen molar-refractivity contribution in [3.05, 3.63) is 44.9 Å². The summed E-state index contributed by atoms with van der Waals surface area (Å²) >= 11 is 1.85. The largest absolute Gasteiger partial charge is 0.493 e. The van der Waals surface area contributed by atoms with Gasteiger partial charge in [-0.2, -0.15) is 0 Å². The minimum atomic E-state index is 0.826. The predicted octanol–water partition coefficient (Wildman–Crippen LogP) is 3.63. The van der Waals surface area contributed by atoms with E-state index in [1.807, 2.05) is 11.3 Å². The predicted molar refractivity (Wildman–Crippen MR) is 87.0 cm³/mol. The average Bonchev–Trinajstić information content (AvgIpc) is 3.06. The minimum absolute atomic E-state index is 0.826. The maximum absolute atomic E-state index is 5.54. The summed E-state index contributed by atoms with van der Waals surface area (Å²) in [6.45, 7) is 6.94. The fourth-order valence-corrected chi connectivity index (χ4v) is 3.78. The number of ether oxygens (including phenoxy) is 1. The summed E-state index contributed by atoms with van der Waals surface area (Å²) in [5.74, 6) is 1.06. The number of nitrogens with zero attached hydrogens (tertiary/aromatic N) is 1. The zero-order valence-electron chi connectivity index (χ0n) is 12.7. The molecular weight excluding hydrogens is 280 g/mol. The molecule has 0 radical (unpaired) electrons. The van der Waals surface area contributed by atoms with Crippen molar-refractivity contribution in [2.45, 2.75) is 46.2 Å². The van der Waals surface area contributed by atoms with Gasteiger partial charge in [-0.3, -0.25) is 0 Å². The number of thiazole rings is 1. The lowest BCUT2D eigenvalue weighted by molar-refractivity contribution is 0.357. The van der Waals surface area contributed by atoms with Gasteiger partial charge in [0.15, 0.2) is 0 Å². The molecule has 2 heterocycles. The molecular formula is C17H22N2OS. The lowest BCUT2D eigenvalue weighted by atomic mass is 10.1. The van der Waals surface area contributed by atoms with Crippen molar-refractivity contribution < 1.29 is 4.74 Å². The lowest BCUT2D eigenvalue weighted by Crippen LogP contribution is -2.12. The molecule has 112 valence electrons. The van der Waals surface area contributed by atoms with Crippen molar-refractivity contribution in [2.75, 3.05) is 6.61 Å². The number of hydrogen-bond donors (Lipinski definition) is 1. The Kier molecular flexibility index (Phi) is 4.56. The molecule has 0 spiro atoms. The molecule has 0 saturated heterocycles. The molecule has 0 atom stereocenters. The van der Waals surface area contributed by atoms with E-state index in [9.17, 15) is 0 Å².